The molecule has 0 heterocycles. The molecule has 0 bridgehead atoms. The highest BCUT2D eigenvalue weighted by molar-refractivity contribution is 7.89. The van der Waals surface area contributed by atoms with Crippen LogP contribution >= 0.6 is 11.6 Å². The van der Waals surface area contributed by atoms with Crippen molar-refractivity contribution in [3.8, 4) is 0 Å². The largest absolute Gasteiger partial charge is 0.381 e. The van der Waals surface area contributed by atoms with Gasteiger partial charge in [-0.05, 0) is 19.8 Å². The summed E-state index contributed by atoms with van der Waals surface area (Å²) in [7, 11) is -3.17. The van der Waals surface area contributed by atoms with Gasteiger partial charge < -0.3 is 4.74 Å². The first-order chi connectivity index (χ1) is 7.11. The summed E-state index contributed by atoms with van der Waals surface area (Å²) in [6, 6.07) is 0.190. The Bertz CT molecular complexity index is 277. The van der Waals surface area contributed by atoms with Crippen molar-refractivity contribution in [2.24, 2.45) is 0 Å². The Morgan fingerprint density at radius 2 is 2.13 bits per heavy atom. The molecule has 0 spiro atoms. The second-order valence-electron chi connectivity index (χ2n) is 3.54. The molecule has 0 amide bonds. The average molecular weight is 256 g/mol. The molecular weight excluding hydrogens is 238 g/mol. The van der Waals surface area contributed by atoms with Gasteiger partial charge in [-0.25, -0.2) is 8.42 Å². The summed E-state index contributed by atoms with van der Waals surface area (Å²) in [5, 5.41) is 0. The zero-order valence-electron chi connectivity index (χ0n) is 8.99. The molecule has 1 saturated carbocycles. The molecule has 0 saturated heterocycles. The first kappa shape index (κ1) is 13.2. The van der Waals surface area contributed by atoms with E-state index < -0.39 is 10.0 Å². The zero-order chi connectivity index (χ0) is 11.3. The summed E-state index contributed by atoms with van der Waals surface area (Å²) < 4.78 is 30.3. The predicted molar refractivity (Wildman–Crippen MR) is 60.7 cm³/mol. The second-order valence-corrected chi connectivity index (χ2v) is 5.96. The van der Waals surface area contributed by atoms with Crippen LogP contribution in [0, 0.1) is 0 Å². The van der Waals surface area contributed by atoms with Crippen LogP contribution < -0.4 is 0 Å². The van der Waals surface area contributed by atoms with Gasteiger partial charge in [0.05, 0.1) is 12.4 Å². The normalized spacial score (nSPS) is 17.3. The molecule has 1 fully saturated rings. The van der Waals surface area contributed by atoms with Gasteiger partial charge in [0, 0.05) is 25.1 Å². The summed E-state index contributed by atoms with van der Waals surface area (Å²) in [5.41, 5.74) is 0. The highest BCUT2D eigenvalue weighted by Crippen LogP contribution is 2.29. The number of nitrogens with zero attached hydrogens (tertiary/aromatic N) is 1. The Hall–Kier alpha value is 0.160. The highest BCUT2D eigenvalue weighted by Gasteiger charge is 2.36. The van der Waals surface area contributed by atoms with Crippen LogP contribution in [0.5, 0.6) is 0 Å². The fourth-order valence-electron chi connectivity index (χ4n) is 1.42. The van der Waals surface area contributed by atoms with E-state index in [-0.39, 0.29) is 18.4 Å². The van der Waals surface area contributed by atoms with E-state index in [0.717, 1.165) is 12.8 Å². The van der Waals surface area contributed by atoms with Crippen LogP contribution in [-0.4, -0.2) is 50.2 Å². The third-order valence-electron chi connectivity index (χ3n) is 2.31. The van der Waals surface area contributed by atoms with Gasteiger partial charge in [0.25, 0.3) is 0 Å². The highest BCUT2D eigenvalue weighted by atomic mass is 35.5. The molecule has 0 N–H and O–H groups in total. The molecule has 0 atom stereocenters. The smallest absolute Gasteiger partial charge is 0.216 e. The summed E-state index contributed by atoms with van der Waals surface area (Å²) in [5.74, 6) is 0.415. The van der Waals surface area contributed by atoms with Crippen LogP contribution in [0.25, 0.3) is 0 Å². The molecule has 6 heteroatoms. The number of alkyl halides is 1. The molecular formula is C9H18ClNO3S. The minimum atomic E-state index is -3.17. The van der Waals surface area contributed by atoms with Gasteiger partial charge in [-0.15, -0.1) is 11.6 Å². The van der Waals surface area contributed by atoms with Crippen molar-refractivity contribution in [2.45, 2.75) is 25.8 Å². The van der Waals surface area contributed by atoms with E-state index in [9.17, 15) is 8.42 Å². The molecule has 0 aromatic rings. The van der Waals surface area contributed by atoms with Crippen LogP contribution in [-0.2, 0) is 14.8 Å². The van der Waals surface area contributed by atoms with Crippen molar-refractivity contribution in [1.29, 1.82) is 0 Å². The third-order valence-corrected chi connectivity index (χ3v) is 4.35. The van der Waals surface area contributed by atoms with Crippen LogP contribution in [0.3, 0.4) is 0 Å². The number of hydrogen-bond donors (Lipinski definition) is 0. The number of ether oxygens (including phenoxy) is 1. The Morgan fingerprint density at radius 1 is 1.47 bits per heavy atom. The molecule has 0 aromatic heterocycles. The van der Waals surface area contributed by atoms with Gasteiger partial charge in [0.1, 0.15) is 0 Å². The minimum Gasteiger partial charge on any atom is -0.381 e. The Balaban J connectivity index is 2.48. The molecule has 0 aliphatic heterocycles. The van der Waals surface area contributed by atoms with Gasteiger partial charge in [0.2, 0.25) is 10.0 Å². The van der Waals surface area contributed by atoms with Crippen LogP contribution in [0.4, 0.5) is 0 Å². The van der Waals surface area contributed by atoms with Crippen molar-refractivity contribution >= 4 is 21.6 Å². The first-order valence-electron chi connectivity index (χ1n) is 5.25. The van der Waals surface area contributed by atoms with E-state index in [1.165, 1.54) is 4.31 Å². The fourth-order valence-corrected chi connectivity index (χ4v) is 3.30. The van der Waals surface area contributed by atoms with E-state index >= 15 is 0 Å². The maximum atomic E-state index is 11.9. The van der Waals surface area contributed by atoms with E-state index in [2.05, 4.69) is 0 Å². The number of hydrogen-bond acceptors (Lipinski definition) is 3. The van der Waals surface area contributed by atoms with Gasteiger partial charge in [0.15, 0.2) is 0 Å². The topological polar surface area (TPSA) is 46.6 Å². The lowest BCUT2D eigenvalue weighted by Crippen LogP contribution is -2.37. The van der Waals surface area contributed by atoms with Gasteiger partial charge in [-0.2, -0.15) is 4.31 Å². The predicted octanol–water partition coefficient (Wildman–Crippen LogP) is 1.06. The van der Waals surface area contributed by atoms with Crippen LogP contribution in [0.2, 0.25) is 0 Å². The minimum absolute atomic E-state index is 0.0637. The number of halogens is 1. The third kappa shape index (κ3) is 4.26. The number of rotatable bonds is 8. The molecule has 0 radical (unpaired) electrons. The molecule has 0 unspecified atom stereocenters. The molecule has 1 aliphatic carbocycles. The van der Waals surface area contributed by atoms with Crippen molar-refractivity contribution < 1.29 is 13.2 Å². The van der Waals surface area contributed by atoms with E-state index in [0.29, 0.717) is 19.0 Å². The lowest BCUT2D eigenvalue weighted by atomic mass is 10.6. The molecule has 0 aromatic carbocycles. The SMILES string of the molecule is CCOCCS(=O)(=O)N(CCCl)C1CC1. The molecule has 1 aliphatic rings. The summed E-state index contributed by atoms with van der Waals surface area (Å²) >= 11 is 5.60. The summed E-state index contributed by atoms with van der Waals surface area (Å²) in [4.78, 5) is 0. The van der Waals surface area contributed by atoms with Gasteiger partial charge in [-0.1, -0.05) is 0 Å². The molecule has 1 rings (SSSR count). The quantitative estimate of drug-likeness (QED) is 0.481. The van der Waals surface area contributed by atoms with Crippen LogP contribution in [0.15, 0.2) is 0 Å². The van der Waals surface area contributed by atoms with Gasteiger partial charge >= 0.3 is 0 Å². The van der Waals surface area contributed by atoms with E-state index in [1.807, 2.05) is 6.92 Å². The van der Waals surface area contributed by atoms with Crippen molar-refractivity contribution in [3.63, 3.8) is 0 Å². The maximum absolute atomic E-state index is 11.9. The summed E-state index contributed by atoms with van der Waals surface area (Å²) in [6.07, 6.45) is 1.93. The Labute approximate surface area is 96.6 Å². The Kier molecular flexibility index (Phi) is 5.32. The van der Waals surface area contributed by atoms with Crippen molar-refractivity contribution in [3.05, 3.63) is 0 Å². The van der Waals surface area contributed by atoms with Crippen molar-refractivity contribution in [1.82, 2.24) is 4.31 Å². The monoisotopic (exact) mass is 255 g/mol. The Morgan fingerprint density at radius 3 is 2.60 bits per heavy atom. The molecule has 90 valence electrons. The lowest BCUT2D eigenvalue weighted by Gasteiger charge is -2.20. The fraction of sp³-hybridized carbons (Fsp3) is 1.00. The average Bonchev–Trinajstić information content (AvgIpc) is 2.97. The number of sulfonamides is 1. The summed E-state index contributed by atoms with van der Waals surface area (Å²) in [6.45, 7) is 3.09. The first-order valence-corrected chi connectivity index (χ1v) is 7.39. The maximum Gasteiger partial charge on any atom is 0.216 e. The molecule has 15 heavy (non-hydrogen) atoms. The van der Waals surface area contributed by atoms with Crippen molar-refractivity contribution in [2.75, 3.05) is 31.4 Å². The van der Waals surface area contributed by atoms with Crippen LogP contribution in [0.1, 0.15) is 19.8 Å². The van der Waals surface area contributed by atoms with E-state index in [4.69, 9.17) is 16.3 Å². The standard InChI is InChI=1S/C9H18ClNO3S/c1-2-14-7-8-15(12,13)11(6-5-10)9-3-4-9/h9H,2-8H2,1H3. The molecule has 4 nitrogen and oxygen atoms in total. The van der Waals surface area contributed by atoms with Gasteiger partial charge in [-0.3, -0.25) is 0 Å². The lowest BCUT2D eigenvalue weighted by molar-refractivity contribution is 0.162. The zero-order valence-corrected chi connectivity index (χ0v) is 10.6. The van der Waals surface area contributed by atoms with E-state index in [1.54, 1.807) is 0 Å². The second kappa shape index (κ2) is 6.03.